The van der Waals surface area contributed by atoms with E-state index in [4.69, 9.17) is 26.5 Å². The van der Waals surface area contributed by atoms with E-state index in [0.717, 1.165) is 0 Å². The first-order valence-electron chi connectivity index (χ1n) is 10.4. The van der Waals surface area contributed by atoms with Gasteiger partial charge in [-0.2, -0.15) is 4.98 Å². The van der Waals surface area contributed by atoms with Gasteiger partial charge in [0, 0.05) is 21.7 Å². The molecule has 3 aromatic heterocycles. The van der Waals surface area contributed by atoms with E-state index in [9.17, 15) is 20.1 Å². The normalized spacial score (nSPS) is 22.4. The highest BCUT2D eigenvalue weighted by molar-refractivity contribution is 7.98. The highest BCUT2D eigenvalue weighted by Crippen LogP contribution is 2.37. The first-order chi connectivity index (χ1) is 16.8. The number of hydrogen-bond donors (Lipinski definition) is 4. The van der Waals surface area contributed by atoms with Gasteiger partial charge in [0.05, 0.1) is 6.61 Å². The fraction of sp³-hybridized carbons (Fsp3) is 0.333. The molecule has 4 heterocycles. The molecule has 0 unspecified atom stereocenters. The number of nitrogens with zero attached hydrogens (tertiary/aromatic N) is 4. The molecule has 0 radical (unpaired) electrons. The van der Waals surface area contributed by atoms with Crippen LogP contribution >= 0.6 is 35.1 Å². The van der Waals surface area contributed by atoms with Crippen LogP contribution in [0.4, 0.5) is 5.95 Å². The third kappa shape index (κ3) is 4.37. The summed E-state index contributed by atoms with van der Waals surface area (Å²) in [5, 5.41) is 32.3. The molecular formula is C21H20ClN5O6S2. The van der Waals surface area contributed by atoms with Gasteiger partial charge in [0.2, 0.25) is 5.95 Å². The molecule has 4 aromatic rings. The molecule has 1 aromatic carbocycles. The lowest BCUT2D eigenvalue weighted by Gasteiger charge is -2.18. The fourth-order valence-electron chi connectivity index (χ4n) is 3.90. The van der Waals surface area contributed by atoms with Crippen LogP contribution in [0.15, 0.2) is 43.7 Å². The number of rotatable bonds is 6. The zero-order valence-corrected chi connectivity index (χ0v) is 20.5. The molecule has 4 atom stereocenters. The molecule has 1 fully saturated rings. The number of aromatic nitrogens is 4. The van der Waals surface area contributed by atoms with Gasteiger partial charge >= 0.3 is 5.63 Å². The third-order valence-corrected chi connectivity index (χ3v) is 7.48. The Balaban J connectivity index is 1.53. The molecule has 1 aliphatic heterocycles. The standard InChI is InChI=1S/C21H20ClN5O6S2/c1-34-21-24-13-16(27(21)18-15(30)14(29)12(6-28)32-18)25-20(23)26-17(13)35-7-9-4-8-5-10(22)2-3-11(8)33-19(9)31/h2-5,12,14-15,18,28-30H,6-7H2,1H3,(H2,23,25,26)/t12-,14-,15-,18-/m1/s1. The highest BCUT2D eigenvalue weighted by Gasteiger charge is 2.45. The summed E-state index contributed by atoms with van der Waals surface area (Å²) in [6.45, 7) is -0.465. The summed E-state index contributed by atoms with van der Waals surface area (Å²) in [5.41, 5.74) is 7.01. The zero-order chi connectivity index (χ0) is 24.9. The number of thioether (sulfide) groups is 2. The first-order valence-corrected chi connectivity index (χ1v) is 13.0. The molecule has 5 rings (SSSR count). The minimum absolute atomic E-state index is 0.0436. The Bertz CT molecular complexity index is 1480. The molecule has 5 N–H and O–H groups in total. The lowest BCUT2D eigenvalue weighted by Crippen LogP contribution is -2.33. The van der Waals surface area contributed by atoms with Gasteiger partial charge in [-0.15, -0.1) is 0 Å². The van der Waals surface area contributed by atoms with Gasteiger partial charge in [-0.05, 0) is 30.5 Å². The van der Waals surface area contributed by atoms with Crippen molar-refractivity contribution in [3.05, 3.63) is 45.3 Å². The largest absolute Gasteiger partial charge is 0.423 e. The Morgan fingerprint density at radius 2 is 2.00 bits per heavy atom. The van der Waals surface area contributed by atoms with Gasteiger partial charge in [0.1, 0.15) is 34.4 Å². The van der Waals surface area contributed by atoms with Crippen molar-refractivity contribution in [2.75, 3.05) is 18.6 Å². The number of ether oxygens (including phenoxy) is 1. The summed E-state index contributed by atoms with van der Waals surface area (Å²) in [4.78, 5) is 25.7. The van der Waals surface area contributed by atoms with E-state index < -0.39 is 36.8 Å². The number of nitrogens with two attached hydrogens (primary N) is 1. The quantitative estimate of drug-likeness (QED) is 0.160. The minimum atomic E-state index is -1.32. The Morgan fingerprint density at radius 1 is 1.20 bits per heavy atom. The number of aliphatic hydroxyl groups is 3. The van der Waals surface area contributed by atoms with E-state index in [2.05, 4.69) is 15.0 Å². The van der Waals surface area contributed by atoms with E-state index >= 15 is 0 Å². The van der Waals surface area contributed by atoms with Crippen molar-refractivity contribution in [3.8, 4) is 0 Å². The molecule has 0 amide bonds. The maximum absolute atomic E-state index is 12.5. The molecule has 11 nitrogen and oxygen atoms in total. The second-order valence-electron chi connectivity index (χ2n) is 7.79. The summed E-state index contributed by atoms with van der Waals surface area (Å²) < 4.78 is 12.6. The lowest BCUT2D eigenvalue weighted by atomic mass is 10.1. The van der Waals surface area contributed by atoms with Crippen LogP contribution in [0.5, 0.6) is 0 Å². The van der Waals surface area contributed by atoms with E-state index in [1.165, 1.54) is 28.1 Å². The number of aliphatic hydroxyl groups excluding tert-OH is 3. The van der Waals surface area contributed by atoms with Gasteiger partial charge in [0.15, 0.2) is 17.0 Å². The van der Waals surface area contributed by atoms with Crippen molar-refractivity contribution in [1.29, 1.82) is 0 Å². The maximum atomic E-state index is 12.5. The molecular weight excluding hydrogens is 518 g/mol. The van der Waals surface area contributed by atoms with Crippen molar-refractivity contribution < 1.29 is 24.5 Å². The van der Waals surface area contributed by atoms with Crippen molar-refractivity contribution in [1.82, 2.24) is 19.5 Å². The molecule has 184 valence electrons. The van der Waals surface area contributed by atoms with Crippen molar-refractivity contribution in [2.45, 2.75) is 40.5 Å². The summed E-state index contributed by atoms with van der Waals surface area (Å²) in [5.74, 6) is 0.170. The van der Waals surface area contributed by atoms with Crippen LogP contribution in [-0.4, -0.2) is 66.0 Å². The number of hydrogen-bond acceptors (Lipinski definition) is 12. The summed E-state index contributed by atoms with van der Waals surface area (Å²) in [6.07, 6.45) is -2.83. The highest BCUT2D eigenvalue weighted by atomic mass is 35.5. The zero-order valence-electron chi connectivity index (χ0n) is 18.2. The molecule has 35 heavy (non-hydrogen) atoms. The van der Waals surface area contributed by atoms with Crippen LogP contribution in [-0.2, 0) is 10.5 Å². The topological polar surface area (TPSA) is 170 Å². The molecule has 0 saturated carbocycles. The molecule has 0 bridgehead atoms. The van der Waals surface area contributed by atoms with Gasteiger partial charge < -0.3 is 30.2 Å². The predicted octanol–water partition coefficient (Wildman–Crippen LogP) is 1.79. The maximum Gasteiger partial charge on any atom is 0.340 e. The average Bonchev–Trinajstić information content (AvgIpc) is 3.34. The van der Waals surface area contributed by atoms with Crippen LogP contribution in [0.25, 0.3) is 22.1 Å². The molecule has 0 aliphatic carbocycles. The van der Waals surface area contributed by atoms with Crippen LogP contribution in [0.1, 0.15) is 11.8 Å². The Labute approximate surface area is 211 Å². The van der Waals surface area contributed by atoms with Gasteiger partial charge in [0.25, 0.3) is 0 Å². The van der Waals surface area contributed by atoms with Crippen LogP contribution < -0.4 is 11.4 Å². The van der Waals surface area contributed by atoms with Crippen LogP contribution in [0.2, 0.25) is 5.02 Å². The minimum Gasteiger partial charge on any atom is -0.423 e. The SMILES string of the molecule is CSc1nc2c(SCc3cc4cc(Cl)ccc4oc3=O)nc(N)nc2n1[C@@H]1O[C@H](CO)[C@@H](O)[C@H]1O. The second kappa shape index (κ2) is 9.58. The average molecular weight is 538 g/mol. The number of fused-ring (bicyclic) bond motifs is 2. The number of halogens is 1. The summed E-state index contributed by atoms with van der Waals surface area (Å²) in [7, 11) is 0. The second-order valence-corrected chi connectivity index (χ2v) is 9.96. The Morgan fingerprint density at radius 3 is 2.71 bits per heavy atom. The number of benzene rings is 1. The van der Waals surface area contributed by atoms with Crippen LogP contribution in [0.3, 0.4) is 0 Å². The fourth-order valence-corrected chi connectivity index (χ4v) is 5.57. The van der Waals surface area contributed by atoms with E-state index in [0.29, 0.717) is 37.3 Å². The number of nitrogen functional groups attached to an aromatic ring is 1. The predicted molar refractivity (Wildman–Crippen MR) is 132 cm³/mol. The summed E-state index contributed by atoms with van der Waals surface area (Å²) >= 11 is 8.56. The van der Waals surface area contributed by atoms with Gasteiger partial charge in [-0.3, -0.25) is 4.57 Å². The molecule has 1 saturated heterocycles. The molecule has 1 aliphatic rings. The smallest absolute Gasteiger partial charge is 0.340 e. The van der Waals surface area contributed by atoms with E-state index in [1.54, 1.807) is 30.5 Å². The third-order valence-electron chi connectivity index (χ3n) is 5.58. The Kier molecular flexibility index (Phi) is 6.65. The lowest BCUT2D eigenvalue weighted by molar-refractivity contribution is -0.0548. The van der Waals surface area contributed by atoms with Crippen LogP contribution in [0, 0.1) is 0 Å². The monoisotopic (exact) mass is 537 g/mol. The van der Waals surface area contributed by atoms with Crippen molar-refractivity contribution >= 4 is 63.2 Å². The first kappa shape index (κ1) is 24.3. The van der Waals surface area contributed by atoms with Gasteiger partial charge in [-0.1, -0.05) is 35.1 Å². The summed E-state index contributed by atoms with van der Waals surface area (Å²) in [6, 6.07) is 6.71. The molecule has 0 spiro atoms. The van der Waals surface area contributed by atoms with E-state index in [-0.39, 0.29) is 17.3 Å². The Hall–Kier alpha value is -2.39. The van der Waals surface area contributed by atoms with E-state index in [1.807, 2.05) is 0 Å². The van der Waals surface area contributed by atoms with Crippen molar-refractivity contribution in [3.63, 3.8) is 0 Å². The van der Waals surface area contributed by atoms with Crippen molar-refractivity contribution in [2.24, 2.45) is 0 Å². The number of imidazole rings is 1. The van der Waals surface area contributed by atoms with Gasteiger partial charge in [-0.25, -0.2) is 14.8 Å². The number of anilines is 1. The molecule has 14 heteroatoms.